The van der Waals surface area contributed by atoms with Gasteiger partial charge in [-0.15, -0.1) is 0 Å². The Kier molecular flexibility index (Phi) is 5.08. The summed E-state index contributed by atoms with van der Waals surface area (Å²) in [6.45, 7) is 3.94. The van der Waals surface area contributed by atoms with E-state index in [0.29, 0.717) is 21.9 Å². The van der Waals surface area contributed by atoms with Gasteiger partial charge in [0.05, 0.1) is 23.2 Å². The van der Waals surface area contributed by atoms with E-state index in [2.05, 4.69) is 25.3 Å². The summed E-state index contributed by atoms with van der Waals surface area (Å²) in [5.74, 6) is 0.439. The predicted molar refractivity (Wildman–Crippen MR) is 96.4 cm³/mol. The number of aromatic amines is 1. The molecule has 1 amide bonds. The molecule has 0 spiro atoms. The van der Waals surface area contributed by atoms with Crippen molar-refractivity contribution in [3.63, 3.8) is 0 Å². The van der Waals surface area contributed by atoms with Crippen molar-refractivity contribution < 1.29 is 4.79 Å². The highest BCUT2D eigenvalue weighted by atomic mass is 32.2. The standard InChI is InChI=1S/C17H17N5O2S/c1-10-7-11(2)20-17(19-10)25-9-15(23)18-8-14-21-13-6-4-3-5-12(13)16(24)22-14/h3-7H,8-9H2,1-2H3,(H,18,23)(H,21,22,24). The molecule has 8 heteroatoms. The van der Waals surface area contributed by atoms with Crippen LogP contribution in [0.4, 0.5) is 0 Å². The maximum atomic E-state index is 12.0. The molecule has 0 saturated heterocycles. The molecule has 2 heterocycles. The highest BCUT2D eigenvalue weighted by molar-refractivity contribution is 7.99. The molecule has 0 aliphatic carbocycles. The van der Waals surface area contributed by atoms with Gasteiger partial charge in [0.2, 0.25) is 5.91 Å². The molecule has 3 aromatic rings. The minimum Gasteiger partial charge on any atom is -0.348 e. The van der Waals surface area contributed by atoms with E-state index < -0.39 is 0 Å². The fourth-order valence-corrected chi connectivity index (χ4v) is 3.12. The number of aryl methyl sites for hydroxylation is 2. The number of hydrogen-bond donors (Lipinski definition) is 2. The maximum Gasteiger partial charge on any atom is 0.258 e. The van der Waals surface area contributed by atoms with E-state index in [1.807, 2.05) is 26.0 Å². The van der Waals surface area contributed by atoms with Crippen LogP contribution in [-0.2, 0) is 11.3 Å². The number of nitrogens with zero attached hydrogens (tertiary/aromatic N) is 3. The number of thioether (sulfide) groups is 1. The first kappa shape index (κ1) is 17.1. The van der Waals surface area contributed by atoms with E-state index in [1.165, 1.54) is 11.8 Å². The Morgan fingerprint density at radius 2 is 1.88 bits per heavy atom. The molecule has 0 aliphatic heterocycles. The van der Waals surface area contributed by atoms with Gasteiger partial charge in [-0.1, -0.05) is 23.9 Å². The number of para-hydroxylation sites is 1. The van der Waals surface area contributed by atoms with Crippen molar-refractivity contribution >= 4 is 28.6 Å². The Morgan fingerprint density at radius 3 is 2.64 bits per heavy atom. The zero-order chi connectivity index (χ0) is 17.8. The summed E-state index contributed by atoms with van der Waals surface area (Å²) in [5, 5.41) is 3.84. The fraction of sp³-hybridized carbons (Fsp3) is 0.235. The van der Waals surface area contributed by atoms with Crippen LogP contribution in [0.2, 0.25) is 0 Å². The predicted octanol–water partition coefficient (Wildman–Crippen LogP) is 1.74. The monoisotopic (exact) mass is 355 g/mol. The van der Waals surface area contributed by atoms with E-state index >= 15 is 0 Å². The highest BCUT2D eigenvalue weighted by Crippen LogP contribution is 2.13. The molecule has 0 saturated carbocycles. The third-order valence-electron chi connectivity index (χ3n) is 3.41. The van der Waals surface area contributed by atoms with Crippen LogP contribution in [0.25, 0.3) is 10.9 Å². The third-order valence-corrected chi connectivity index (χ3v) is 4.26. The van der Waals surface area contributed by atoms with Crippen molar-refractivity contribution in [1.29, 1.82) is 0 Å². The van der Waals surface area contributed by atoms with Gasteiger partial charge in [0, 0.05) is 11.4 Å². The molecular weight excluding hydrogens is 338 g/mol. The second-order valence-corrected chi connectivity index (χ2v) is 6.47. The molecule has 25 heavy (non-hydrogen) atoms. The zero-order valence-electron chi connectivity index (χ0n) is 13.9. The van der Waals surface area contributed by atoms with Crippen LogP contribution in [0.5, 0.6) is 0 Å². The molecule has 128 valence electrons. The Hall–Kier alpha value is -2.74. The molecule has 0 bridgehead atoms. The molecule has 0 radical (unpaired) electrons. The molecule has 2 aromatic heterocycles. The number of benzene rings is 1. The Bertz CT molecular complexity index is 966. The van der Waals surface area contributed by atoms with E-state index in [1.54, 1.807) is 18.2 Å². The fourth-order valence-electron chi connectivity index (χ4n) is 2.34. The average Bonchev–Trinajstić information content (AvgIpc) is 2.57. The first-order chi connectivity index (χ1) is 12.0. The summed E-state index contributed by atoms with van der Waals surface area (Å²) >= 11 is 1.27. The lowest BCUT2D eigenvalue weighted by atomic mass is 10.2. The average molecular weight is 355 g/mol. The summed E-state index contributed by atoms with van der Waals surface area (Å²) in [6.07, 6.45) is 0. The molecule has 0 aliphatic rings. The van der Waals surface area contributed by atoms with Crippen molar-refractivity contribution in [3.05, 3.63) is 57.9 Å². The van der Waals surface area contributed by atoms with Crippen molar-refractivity contribution in [2.45, 2.75) is 25.5 Å². The van der Waals surface area contributed by atoms with Gasteiger partial charge in [0.1, 0.15) is 5.82 Å². The van der Waals surface area contributed by atoms with Crippen molar-refractivity contribution in [3.8, 4) is 0 Å². The van der Waals surface area contributed by atoms with Crippen molar-refractivity contribution in [2.75, 3.05) is 5.75 Å². The normalized spacial score (nSPS) is 10.8. The molecule has 7 nitrogen and oxygen atoms in total. The molecule has 1 aromatic carbocycles. The highest BCUT2D eigenvalue weighted by Gasteiger charge is 2.08. The SMILES string of the molecule is Cc1cc(C)nc(SCC(=O)NCc2nc3ccccc3c(=O)[nH]2)n1. The first-order valence-electron chi connectivity index (χ1n) is 7.71. The van der Waals surface area contributed by atoms with Crippen LogP contribution in [0, 0.1) is 13.8 Å². The lowest BCUT2D eigenvalue weighted by molar-refractivity contribution is -0.118. The van der Waals surface area contributed by atoms with E-state index in [0.717, 1.165) is 11.4 Å². The number of carbonyl (C=O) groups is 1. The van der Waals surface area contributed by atoms with Gasteiger partial charge >= 0.3 is 0 Å². The second-order valence-electron chi connectivity index (χ2n) is 5.53. The third kappa shape index (κ3) is 4.42. The first-order valence-corrected chi connectivity index (χ1v) is 8.69. The van der Waals surface area contributed by atoms with Gasteiger partial charge in [-0.05, 0) is 32.0 Å². The molecular formula is C17H17N5O2S. The van der Waals surface area contributed by atoms with E-state index in [4.69, 9.17) is 0 Å². The van der Waals surface area contributed by atoms with E-state index in [9.17, 15) is 9.59 Å². The second kappa shape index (κ2) is 7.43. The quantitative estimate of drug-likeness (QED) is 0.534. The van der Waals surface area contributed by atoms with Crippen LogP contribution in [0.1, 0.15) is 17.2 Å². The van der Waals surface area contributed by atoms with Crippen LogP contribution >= 0.6 is 11.8 Å². The Labute approximate surface area is 148 Å². The summed E-state index contributed by atoms with van der Waals surface area (Å²) in [6, 6.07) is 8.96. The van der Waals surface area contributed by atoms with Crippen LogP contribution in [-0.4, -0.2) is 31.6 Å². The van der Waals surface area contributed by atoms with Gasteiger partial charge in [0.15, 0.2) is 5.16 Å². The number of nitrogens with one attached hydrogen (secondary N) is 2. The number of aromatic nitrogens is 4. The van der Waals surface area contributed by atoms with E-state index in [-0.39, 0.29) is 23.8 Å². The minimum absolute atomic E-state index is 0.160. The summed E-state index contributed by atoms with van der Waals surface area (Å²) in [7, 11) is 0. The molecule has 3 rings (SSSR count). The van der Waals surface area contributed by atoms with Crippen molar-refractivity contribution in [1.82, 2.24) is 25.3 Å². The molecule has 0 atom stereocenters. The number of H-pyrrole nitrogens is 1. The number of amides is 1. The lowest BCUT2D eigenvalue weighted by Crippen LogP contribution is -2.27. The van der Waals surface area contributed by atoms with Crippen molar-refractivity contribution in [2.24, 2.45) is 0 Å². The minimum atomic E-state index is -0.215. The van der Waals surface area contributed by atoms with Gasteiger partial charge in [-0.2, -0.15) is 0 Å². The van der Waals surface area contributed by atoms with Gasteiger partial charge in [-0.3, -0.25) is 9.59 Å². The lowest BCUT2D eigenvalue weighted by Gasteiger charge is -2.06. The zero-order valence-corrected chi connectivity index (χ0v) is 14.7. The number of rotatable bonds is 5. The van der Waals surface area contributed by atoms with Crippen LogP contribution in [0.15, 0.2) is 40.3 Å². The number of fused-ring (bicyclic) bond motifs is 1. The number of carbonyl (C=O) groups excluding carboxylic acids is 1. The van der Waals surface area contributed by atoms with Gasteiger partial charge in [-0.25, -0.2) is 15.0 Å². The summed E-state index contributed by atoms with van der Waals surface area (Å²) in [5.41, 5.74) is 2.13. The largest absolute Gasteiger partial charge is 0.348 e. The molecule has 0 fully saturated rings. The Morgan fingerprint density at radius 1 is 1.16 bits per heavy atom. The van der Waals surface area contributed by atoms with Gasteiger partial charge < -0.3 is 10.3 Å². The topological polar surface area (TPSA) is 101 Å². The number of hydrogen-bond acceptors (Lipinski definition) is 6. The Balaban J connectivity index is 1.60. The molecule has 2 N–H and O–H groups in total. The maximum absolute atomic E-state index is 12.0. The smallest absolute Gasteiger partial charge is 0.258 e. The van der Waals surface area contributed by atoms with Crippen LogP contribution < -0.4 is 10.9 Å². The summed E-state index contributed by atoms with van der Waals surface area (Å²) < 4.78 is 0. The van der Waals surface area contributed by atoms with Gasteiger partial charge in [0.25, 0.3) is 5.56 Å². The molecule has 0 unspecified atom stereocenters. The summed E-state index contributed by atoms with van der Waals surface area (Å²) in [4.78, 5) is 39.6. The van der Waals surface area contributed by atoms with Crippen LogP contribution in [0.3, 0.4) is 0 Å².